The van der Waals surface area contributed by atoms with Crippen LogP contribution in [0.2, 0.25) is 5.02 Å². The van der Waals surface area contributed by atoms with Crippen molar-refractivity contribution in [1.82, 2.24) is 5.32 Å². The van der Waals surface area contributed by atoms with Gasteiger partial charge in [0.25, 0.3) is 0 Å². The Hall–Kier alpha value is -1.26. The second kappa shape index (κ2) is 7.14. The molecule has 17 heavy (non-hydrogen) atoms. The average molecular weight is 258 g/mol. The van der Waals surface area contributed by atoms with Crippen LogP contribution in [0.15, 0.2) is 18.2 Å². The number of aromatic hydroxyl groups is 1. The van der Waals surface area contributed by atoms with Crippen molar-refractivity contribution in [2.24, 2.45) is 0 Å². The predicted octanol–water partition coefficient (Wildman–Crippen LogP) is 2.04. The molecule has 0 aromatic heterocycles. The fraction of sp³-hybridized carbons (Fsp3) is 0.417. The van der Waals surface area contributed by atoms with E-state index in [1.54, 1.807) is 18.2 Å². The number of benzene rings is 1. The average Bonchev–Trinajstić information content (AvgIpc) is 2.27. The highest BCUT2D eigenvalue weighted by Crippen LogP contribution is 2.22. The number of aryl methyl sites for hydroxylation is 1. The molecule has 3 N–H and O–H groups in total. The van der Waals surface area contributed by atoms with E-state index in [0.29, 0.717) is 18.0 Å². The number of phenols is 1. The molecule has 0 bridgehead atoms. The van der Waals surface area contributed by atoms with Gasteiger partial charge in [0.05, 0.1) is 6.42 Å². The molecule has 0 saturated carbocycles. The second-order valence-electron chi connectivity index (χ2n) is 3.77. The molecule has 0 fully saturated rings. The summed E-state index contributed by atoms with van der Waals surface area (Å²) >= 11 is 5.82. The van der Waals surface area contributed by atoms with Crippen molar-refractivity contribution in [3.05, 3.63) is 28.8 Å². The maximum atomic E-state index is 10.2. The Morgan fingerprint density at radius 3 is 2.82 bits per heavy atom. The first-order valence-electron chi connectivity index (χ1n) is 5.49. The van der Waals surface area contributed by atoms with E-state index in [-0.39, 0.29) is 12.2 Å². The molecule has 1 rings (SSSR count). The van der Waals surface area contributed by atoms with Gasteiger partial charge in [0.1, 0.15) is 5.75 Å². The van der Waals surface area contributed by atoms with E-state index in [2.05, 4.69) is 5.32 Å². The maximum absolute atomic E-state index is 10.2. The van der Waals surface area contributed by atoms with E-state index < -0.39 is 5.97 Å². The van der Waals surface area contributed by atoms with Crippen LogP contribution in [0.5, 0.6) is 5.75 Å². The van der Waals surface area contributed by atoms with Crippen molar-refractivity contribution in [2.45, 2.75) is 19.3 Å². The molecule has 0 spiro atoms. The summed E-state index contributed by atoms with van der Waals surface area (Å²) in [6, 6.07) is 4.97. The predicted molar refractivity (Wildman–Crippen MR) is 66.6 cm³/mol. The Bertz CT molecular complexity index is 382. The van der Waals surface area contributed by atoms with Crippen LogP contribution in [0.4, 0.5) is 0 Å². The molecule has 1 aromatic carbocycles. The third-order valence-electron chi connectivity index (χ3n) is 2.36. The van der Waals surface area contributed by atoms with Crippen molar-refractivity contribution in [3.63, 3.8) is 0 Å². The van der Waals surface area contributed by atoms with Crippen LogP contribution >= 0.6 is 11.6 Å². The molecule has 1 aromatic rings. The van der Waals surface area contributed by atoms with Crippen LogP contribution < -0.4 is 5.32 Å². The highest BCUT2D eigenvalue weighted by Gasteiger charge is 2.02. The molecule has 0 aliphatic rings. The first-order valence-corrected chi connectivity index (χ1v) is 5.87. The van der Waals surface area contributed by atoms with Gasteiger partial charge in [-0.2, -0.15) is 0 Å². The van der Waals surface area contributed by atoms with Crippen molar-refractivity contribution in [2.75, 3.05) is 13.1 Å². The van der Waals surface area contributed by atoms with E-state index in [1.807, 2.05) is 0 Å². The summed E-state index contributed by atoms with van der Waals surface area (Å²) < 4.78 is 0. The molecule has 0 saturated heterocycles. The van der Waals surface area contributed by atoms with Gasteiger partial charge in [-0.15, -0.1) is 0 Å². The number of carboxylic acid groups (broad SMARTS) is 1. The van der Waals surface area contributed by atoms with Crippen LogP contribution in [0.1, 0.15) is 18.4 Å². The third-order valence-corrected chi connectivity index (χ3v) is 2.59. The first kappa shape index (κ1) is 13.8. The fourth-order valence-corrected chi connectivity index (χ4v) is 1.67. The lowest BCUT2D eigenvalue weighted by molar-refractivity contribution is -0.136. The molecule has 0 amide bonds. The normalized spacial score (nSPS) is 10.4. The highest BCUT2D eigenvalue weighted by atomic mass is 35.5. The minimum absolute atomic E-state index is 0.127. The summed E-state index contributed by atoms with van der Waals surface area (Å²) in [5.41, 5.74) is 0.817. The number of aliphatic carboxylic acids is 1. The Morgan fingerprint density at radius 2 is 2.12 bits per heavy atom. The number of hydrogen-bond acceptors (Lipinski definition) is 3. The molecule has 0 aliphatic heterocycles. The Balaban J connectivity index is 2.22. The number of rotatable bonds is 7. The van der Waals surface area contributed by atoms with E-state index in [0.717, 1.165) is 18.5 Å². The van der Waals surface area contributed by atoms with E-state index in [1.165, 1.54) is 0 Å². The number of nitrogens with one attached hydrogen (secondary N) is 1. The Labute approximate surface area is 105 Å². The lowest BCUT2D eigenvalue weighted by atomic mass is 10.1. The number of carbonyl (C=O) groups is 1. The van der Waals surface area contributed by atoms with Crippen molar-refractivity contribution in [1.29, 1.82) is 0 Å². The van der Waals surface area contributed by atoms with Crippen LogP contribution in [-0.4, -0.2) is 29.3 Å². The molecular formula is C12H16ClNO3. The number of phenolic OH excluding ortho intramolecular Hbond substituents is 1. The van der Waals surface area contributed by atoms with Gasteiger partial charge in [-0.3, -0.25) is 4.79 Å². The summed E-state index contributed by atoms with van der Waals surface area (Å²) in [5.74, 6) is -0.551. The summed E-state index contributed by atoms with van der Waals surface area (Å²) in [6.07, 6.45) is 1.67. The Kier molecular flexibility index (Phi) is 5.80. The third kappa shape index (κ3) is 5.56. The Morgan fingerprint density at radius 1 is 1.35 bits per heavy atom. The molecule has 0 atom stereocenters. The monoisotopic (exact) mass is 257 g/mol. The van der Waals surface area contributed by atoms with E-state index >= 15 is 0 Å². The van der Waals surface area contributed by atoms with E-state index in [4.69, 9.17) is 16.7 Å². The summed E-state index contributed by atoms with van der Waals surface area (Å²) in [7, 11) is 0. The molecule has 94 valence electrons. The number of halogens is 1. The minimum Gasteiger partial charge on any atom is -0.508 e. The van der Waals surface area contributed by atoms with Gasteiger partial charge in [0.2, 0.25) is 0 Å². The van der Waals surface area contributed by atoms with Gasteiger partial charge in [0.15, 0.2) is 0 Å². The van der Waals surface area contributed by atoms with Gasteiger partial charge in [-0.25, -0.2) is 0 Å². The van der Waals surface area contributed by atoms with Gasteiger partial charge in [-0.1, -0.05) is 11.6 Å². The van der Waals surface area contributed by atoms with E-state index in [9.17, 15) is 9.90 Å². The van der Waals surface area contributed by atoms with Crippen molar-refractivity contribution >= 4 is 17.6 Å². The largest absolute Gasteiger partial charge is 0.508 e. The van der Waals surface area contributed by atoms with Gasteiger partial charge in [0, 0.05) is 11.6 Å². The van der Waals surface area contributed by atoms with Crippen molar-refractivity contribution in [3.8, 4) is 5.75 Å². The van der Waals surface area contributed by atoms with Gasteiger partial charge in [-0.05, 0) is 43.1 Å². The molecule has 5 heteroatoms. The van der Waals surface area contributed by atoms with Gasteiger partial charge >= 0.3 is 5.97 Å². The standard InChI is InChI=1S/C12H16ClNO3/c13-10-3-4-11(15)9(8-10)2-1-6-14-7-5-12(16)17/h3-4,8,14-15H,1-2,5-7H2,(H,16,17). The molecule has 4 nitrogen and oxygen atoms in total. The quantitative estimate of drug-likeness (QED) is 0.654. The van der Waals surface area contributed by atoms with Crippen LogP contribution in [0, 0.1) is 0 Å². The smallest absolute Gasteiger partial charge is 0.304 e. The molecule has 0 heterocycles. The van der Waals surface area contributed by atoms with Crippen LogP contribution in [-0.2, 0) is 11.2 Å². The van der Waals surface area contributed by atoms with Gasteiger partial charge < -0.3 is 15.5 Å². The summed E-state index contributed by atoms with van der Waals surface area (Å²) in [5, 5.41) is 21.6. The number of carboxylic acids is 1. The van der Waals surface area contributed by atoms with Crippen molar-refractivity contribution < 1.29 is 15.0 Å². The zero-order chi connectivity index (χ0) is 12.7. The maximum Gasteiger partial charge on any atom is 0.304 e. The van der Waals surface area contributed by atoms with Crippen LogP contribution in [0.25, 0.3) is 0 Å². The fourth-order valence-electron chi connectivity index (χ4n) is 1.48. The zero-order valence-corrected chi connectivity index (χ0v) is 10.2. The van der Waals surface area contributed by atoms with Crippen LogP contribution in [0.3, 0.4) is 0 Å². The first-order chi connectivity index (χ1) is 8.09. The molecule has 0 radical (unpaired) electrons. The SMILES string of the molecule is O=C(O)CCNCCCc1cc(Cl)ccc1O. The lowest BCUT2D eigenvalue weighted by Crippen LogP contribution is -2.19. The topological polar surface area (TPSA) is 69.6 Å². The molecule has 0 unspecified atom stereocenters. The second-order valence-corrected chi connectivity index (χ2v) is 4.21. The number of hydrogen-bond donors (Lipinski definition) is 3. The minimum atomic E-state index is -0.801. The zero-order valence-electron chi connectivity index (χ0n) is 9.45. The summed E-state index contributed by atoms with van der Waals surface area (Å²) in [4.78, 5) is 10.2. The molecular weight excluding hydrogens is 242 g/mol. The lowest BCUT2D eigenvalue weighted by Gasteiger charge is -2.06. The summed E-state index contributed by atoms with van der Waals surface area (Å²) in [6.45, 7) is 1.19. The molecule has 0 aliphatic carbocycles. The highest BCUT2D eigenvalue weighted by molar-refractivity contribution is 6.30.